The molecule has 0 radical (unpaired) electrons. The lowest BCUT2D eigenvalue weighted by Gasteiger charge is -2.28. The number of carbonyl (C=O) groups is 1. The Morgan fingerprint density at radius 3 is 1.50 bits per heavy atom. The predicted octanol–water partition coefficient (Wildman–Crippen LogP) is 4.65. The van der Waals surface area contributed by atoms with Gasteiger partial charge in [-0.25, -0.2) is 0 Å². The maximum atomic E-state index is 13.6. The summed E-state index contributed by atoms with van der Waals surface area (Å²) in [6.07, 6.45) is 4.96. The zero-order chi connectivity index (χ0) is 22.1. The van der Waals surface area contributed by atoms with Crippen molar-refractivity contribution in [2.24, 2.45) is 30.9 Å². The van der Waals surface area contributed by atoms with Crippen molar-refractivity contribution >= 4 is 18.2 Å². The molecule has 4 rings (SSSR count). The van der Waals surface area contributed by atoms with Crippen LogP contribution in [-0.2, 0) is 4.79 Å². The van der Waals surface area contributed by atoms with Gasteiger partial charge in [-0.15, -0.1) is 20.4 Å². The van der Waals surface area contributed by atoms with E-state index in [0.29, 0.717) is 38.9 Å². The monoisotopic (exact) mass is 432 g/mol. The summed E-state index contributed by atoms with van der Waals surface area (Å²) in [6, 6.07) is 19.1. The van der Waals surface area contributed by atoms with Crippen molar-refractivity contribution < 1.29 is 14.3 Å². The van der Waals surface area contributed by atoms with Gasteiger partial charge in [0.25, 0.3) is 0 Å². The Bertz CT molecular complexity index is 915. The number of ketones is 1. The maximum Gasteiger partial charge on any atom is 0.202 e. The Balaban J connectivity index is 1.36. The zero-order valence-electron chi connectivity index (χ0n) is 17.6. The molecular formula is C23H24N6O3. The van der Waals surface area contributed by atoms with Crippen LogP contribution >= 0.6 is 0 Å². The average molecular weight is 432 g/mol. The van der Waals surface area contributed by atoms with Crippen molar-refractivity contribution in [3.8, 4) is 11.5 Å². The number of benzene rings is 2. The van der Waals surface area contributed by atoms with Crippen LogP contribution in [0.3, 0.4) is 0 Å². The molecule has 0 aromatic heterocycles. The molecule has 0 aliphatic carbocycles. The van der Waals surface area contributed by atoms with Gasteiger partial charge in [0.1, 0.15) is 11.5 Å². The molecule has 2 aliphatic heterocycles. The fourth-order valence-corrected chi connectivity index (χ4v) is 3.64. The summed E-state index contributed by atoms with van der Waals surface area (Å²) in [4.78, 5) is 13.6. The summed E-state index contributed by atoms with van der Waals surface area (Å²) in [5.74, 6) is 1.32. The second-order valence-corrected chi connectivity index (χ2v) is 7.58. The van der Waals surface area contributed by atoms with E-state index < -0.39 is 11.1 Å². The van der Waals surface area contributed by atoms with E-state index in [1.165, 1.54) is 12.4 Å². The number of para-hydroxylation sites is 2. The predicted molar refractivity (Wildman–Crippen MR) is 120 cm³/mol. The molecule has 0 bridgehead atoms. The third-order valence-corrected chi connectivity index (χ3v) is 5.31. The Labute approximate surface area is 186 Å². The topological polar surface area (TPSA) is 110 Å². The minimum Gasteiger partial charge on any atom is -0.494 e. The van der Waals surface area contributed by atoms with Gasteiger partial charge in [-0.3, -0.25) is 4.79 Å². The lowest BCUT2D eigenvalue weighted by molar-refractivity contribution is -0.125. The van der Waals surface area contributed by atoms with Crippen LogP contribution in [0.2, 0.25) is 0 Å². The molecule has 2 aromatic carbocycles. The third-order valence-electron chi connectivity index (χ3n) is 5.31. The zero-order valence-corrected chi connectivity index (χ0v) is 17.6. The number of Topliss-reactive ketones (excluding diaryl/α,β-unsaturated/α-hetero) is 1. The molecule has 2 heterocycles. The molecule has 2 aromatic rings. The largest absolute Gasteiger partial charge is 0.494 e. The fraction of sp³-hybridized carbons (Fsp3) is 0.348. The van der Waals surface area contributed by atoms with Crippen molar-refractivity contribution in [1.29, 1.82) is 0 Å². The summed E-state index contributed by atoms with van der Waals surface area (Å²) >= 11 is 0. The Morgan fingerprint density at radius 2 is 1.12 bits per heavy atom. The van der Waals surface area contributed by atoms with E-state index in [1.54, 1.807) is 0 Å². The molecule has 0 amide bonds. The van der Waals surface area contributed by atoms with Crippen LogP contribution in [0.4, 0.5) is 0 Å². The number of carbonyl (C=O) groups excluding carboxylic acids is 1. The van der Waals surface area contributed by atoms with E-state index in [-0.39, 0.29) is 5.78 Å². The van der Waals surface area contributed by atoms with Crippen molar-refractivity contribution in [3.63, 3.8) is 0 Å². The fourth-order valence-electron chi connectivity index (χ4n) is 3.64. The van der Waals surface area contributed by atoms with E-state index in [9.17, 15) is 4.79 Å². The molecule has 0 fully saturated rings. The van der Waals surface area contributed by atoms with Crippen molar-refractivity contribution in [2.45, 2.75) is 36.8 Å². The van der Waals surface area contributed by atoms with E-state index in [4.69, 9.17) is 9.47 Å². The van der Waals surface area contributed by atoms with Crippen LogP contribution in [0.5, 0.6) is 11.5 Å². The van der Waals surface area contributed by atoms with Gasteiger partial charge in [-0.05, 0) is 60.4 Å². The van der Waals surface area contributed by atoms with Gasteiger partial charge >= 0.3 is 0 Å². The van der Waals surface area contributed by atoms with Crippen LogP contribution in [0.25, 0.3) is 0 Å². The van der Waals surface area contributed by atoms with Gasteiger partial charge in [-0.2, -0.15) is 0 Å². The smallest absolute Gasteiger partial charge is 0.202 e. The molecule has 2 atom stereocenters. The van der Waals surface area contributed by atoms with Crippen molar-refractivity contribution in [2.75, 3.05) is 13.2 Å². The SMILES string of the molecule is O=C(C1(CCCOc2ccccc2)C=NN=N1)C1(CCCOc2ccccc2)C=NN=N1. The molecule has 9 heteroatoms. The average Bonchev–Trinajstić information content (AvgIpc) is 3.52. The normalized spacial score (nSPS) is 23.0. The first kappa shape index (κ1) is 21.5. The van der Waals surface area contributed by atoms with Crippen molar-refractivity contribution in [1.82, 2.24) is 0 Å². The summed E-state index contributed by atoms with van der Waals surface area (Å²) in [5, 5.41) is 23.5. The third kappa shape index (κ3) is 4.93. The number of nitrogens with zero attached hydrogens (tertiary/aromatic N) is 6. The molecule has 0 saturated heterocycles. The molecule has 0 N–H and O–H groups in total. The van der Waals surface area contributed by atoms with Gasteiger partial charge in [-0.1, -0.05) is 36.4 Å². The Morgan fingerprint density at radius 1 is 0.688 bits per heavy atom. The lowest BCUT2D eigenvalue weighted by atomic mass is 9.78. The first-order chi connectivity index (χ1) is 15.7. The van der Waals surface area contributed by atoms with Crippen LogP contribution in [0.15, 0.2) is 91.5 Å². The number of ether oxygens (including phenoxy) is 2. The minimum absolute atomic E-state index is 0.237. The number of hydrogen-bond acceptors (Lipinski definition) is 9. The number of hydrogen-bond donors (Lipinski definition) is 0. The highest BCUT2D eigenvalue weighted by atomic mass is 16.5. The quantitative estimate of drug-likeness (QED) is 0.455. The second kappa shape index (κ2) is 10.0. The van der Waals surface area contributed by atoms with Crippen LogP contribution in [-0.4, -0.2) is 42.5 Å². The number of rotatable bonds is 12. The lowest BCUT2D eigenvalue weighted by Crippen LogP contribution is -2.52. The second-order valence-electron chi connectivity index (χ2n) is 7.58. The summed E-state index contributed by atoms with van der Waals surface area (Å²) in [6.45, 7) is 0.881. The molecule has 164 valence electrons. The van der Waals surface area contributed by atoms with E-state index >= 15 is 0 Å². The van der Waals surface area contributed by atoms with E-state index in [1.807, 2.05) is 60.7 Å². The van der Waals surface area contributed by atoms with Gasteiger partial charge < -0.3 is 9.47 Å². The standard InChI is InChI=1S/C23H24N6O3/c30-21(22(17-24-28-26-22)13-7-15-31-19-9-3-1-4-10-19)23(18-25-29-27-23)14-8-16-32-20-11-5-2-6-12-20/h1-6,9-12,17-18H,7-8,13-16H2. The Kier molecular flexibility index (Phi) is 6.74. The first-order valence-electron chi connectivity index (χ1n) is 10.6. The molecule has 0 spiro atoms. The van der Waals surface area contributed by atoms with Crippen LogP contribution in [0.1, 0.15) is 25.7 Å². The molecule has 0 saturated carbocycles. The maximum absolute atomic E-state index is 13.6. The van der Waals surface area contributed by atoms with Gasteiger partial charge in [0.05, 0.1) is 25.6 Å². The van der Waals surface area contributed by atoms with Gasteiger partial charge in [0, 0.05) is 0 Å². The van der Waals surface area contributed by atoms with Crippen molar-refractivity contribution in [3.05, 3.63) is 60.7 Å². The molecule has 2 aliphatic rings. The molecule has 9 nitrogen and oxygen atoms in total. The highest BCUT2D eigenvalue weighted by molar-refractivity contribution is 6.17. The van der Waals surface area contributed by atoms with Crippen LogP contribution < -0.4 is 9.47 Å². The summed E-state index contributed by atoms with van der Waals surface area (Å²) in [5.41, 5.74) is -2.40. The minimum atomic E-state index is -1.20. The van der Waals surface area contributed by atoms with Gasteiger partial charge in [0.2, 0.25) is 5.78 Å². The van der Waals surface area contributed by atoms with E-state index in [0.717, 1.165) is 11.5 Å². The first-order valence-corrected chi connectivity index (χ1v) is 10.6. The highest BCUT2D eigenvalue weighted by Gasteiger charge is 2.52. The Hall–Kier alpha value is -3.75. The molecular weight excluding hydrogens is 408 g/mol. The van der Waals surface area contributed by atoms with E-state index in [2.05, 4.69) is 30.9 Å². The summed E-state index contributed by atoms with van der Waals surface area (Å²) < 4.78 is 11.5. The molecule has 2 unspecified atom stereocenters. The van der Waals surface area contributed by atoms with Crippen LogP contribution in [0, 0.1) is 0 Å². The molecule has 32 heavy (non-hydrogen) atoms. The summed E-state index contributed by atoms with van der Waals surface area (Å²) in [7, 11) is 0. The van der Waals surface area contributed by atoms with Gasteiger partial charge in [0.15, 0.2) is 11.1 Å². The highest BCUT2D eigenvalue weighted by Crippen LogP contribution is 2.33.